The quantitative estimate of drug-likeness (QED) is 0.808. The van der Waals surface area contributed by atoms with Gasteiger partial charge in [-0.3, -0.25) is 4.90 Å². The molecule has 0 amide bonds. The molecule has 0 radical (unpaired) electrons. The van der Waals surface area contributed by atoms with Gasteiger partial charge >= 0.3 is 0 Å². The highest BCUT2D eigenvalue weighted by Crippen LogP contribution is 2.19. The lowest BCUT2D eigenvalue weighted by Crippen LogP contribution is -2.39. The maximum atomic E-state index is 6.19. The Kier molecular flexibility index (Phi) is 4.48. The molecular weight excluding hydrogens is 286 g/mol. The largest absolute Gasteiger partial charge is 0.379 e. The van der Waals surface area contributed by atoms with Gasteiger partial charge in [0.25, 0.3) is 5.82 Å². The van der Waals surface area contributed by atoms with Crippen molar-refractivity contribution in [3.63, 3.8) is 0 Å². The summed E-state index contributed by atoms with van der Waals surface area (Å²) >= 11 is 6.19. The van der Waals surface area contributed by atoms with E-state index in [0.29, 0.717) is 0 Å². The normalized spacial score (nSPS) is 16.7. The molecule has 4 nitrogen and oxygen atoms in total. The van der Waals surface area contributed by atoms with E-state index < -0.39 is 0 Å². The fourth-order valence-corrected chi connectivity index (χ4v) is 3.35. The minimum atomic E-state index is 0.802. The molecule has 3 rings (SSSR count). The standard InChI is InChI=1S/C16H23ClN3O/c1-3-19-13(2)20(7-6-18-8-10-21-11-9-18)16-12-14(17)4-5-15(16)19/h4-5,12H,3,6-11H2,1-2H3/q+1. The lowest BCUT2D eigenvalue weighted by molar-refractivity contribution is -0.675. The second kappa shape index (κ2) is 6.34. The fourth-order valence-electron chi connectivity index (χ4n) is 3.18. The van der Waals surface area contributed by atoms with Crippen LogP contribution in [0.3, 0.4) is 0 Å². The van der Waals surface area contributed by atoms with Crippen LogP contribution < -0.4 is 4.57 Å². The third-order valence-electron chi connectivity index (χ3n) is 4.36. The average molecular weight is 309 g/mol. The summed E-state index contributed by atoms with van der Waals surface area (Å²) in [6.45, 7) is 11.2. The Morgan fingerprint density at radius 3 is 2.71 bits per heavy atom. The molecule has 0 atom stereocenters. The number of hydrogen-bond donors (Lipinski definition) is 0. The van der Waals surface area contributed by atoms with Gasteiger partial charge in [-0.05, 0) is 19.1 Å². The van der Waals surface area contributed by atoms with E-state index in [2.05, 4.69) is 40.0 Å². The number of ether oxygens (including phenoxy) is 1. The maximum absolute atomic E-state index is 6.19. The predicted octanol–water partition coefficient (Wildman–Crippen LogP) is 2.24. The van der Waals surface area contributed by atoms with E-state index in [1.165, 1.54) is 16.9 Å². The van der Waals surface area contributed by atoms with Crippen molar-refractivity contribution in [1.29, 1.82) is 0 Å². The number of rotatable bonds is 4. The smallest absolute Gasteiger partial charge is 0.254 e. The van der Waals surface area contributed by atoms with Gasteiger partial charge in [0.15, 0.2) is 11.0 Å². The minimum absolute atomic E-state index is 0.802. The van der Waals surface area contributed by atoms with Crippen molar-refractivity contribution in [2.75, 3.05) is 32.8 Å². The minimum Gasteiger partial charge on any atom is -0.379 e. The van der Waals surface area contributed by atoms with Crippen molar-refractivity contribution in [1.82, 2.24) is 9.47 Å². The topological polar surface area (TPSA) is 21.3 Å². The molecule has 1 fully saturated rings. The SMILES string of the molecule is CC[n+]1c(C)n(CCN2CCOCC2)c2cc(Cl)ccc21. The van der Waals surface area contributed by atoms with Crippen LogP contribution in [0.25, 0.3) is 11.0 Å². The third kappa shape index (κ3) is 2.93. The summed E-state index contributed by atoms with van der Waals surface area (Å²) in [6.07, 6.45) is 0. The first-order chi connectivity index (χ1) is 10.2. The highest BCUT2D eigenvalue weighted by Gasteiger charge is 2.21. The fraction of sp³-hybridized carbons (Fsp3) is 0.562. The molecule has 0 bridgehead atoms. The molecule has 0 aliphatic carbocycles. The molecule has 1 aromatic carbocycles. The monoisotopic (exact) mass is 308 g/mol. The van der Waals surface area contributed by atoms with Crippen molar-refractivity contribution in [3.8, 4) is 0 Å². The summed E-state index contributed by atoms with van der Waals surface area (Å²) < 4.78 is 10.2. The highest BCUT2D eigenvalue weighted by atomic mass is 35.5. The zero-order valence-electron chi connectivity index (χ0n) is 12.8. The molecule has 5 heteroatoms. The zero-order valence-corrected chi connectivity index (χ0v) is 13.6. The first-order valence-electron chi connectivity index (χ1n) is 7.69. The van der Waals surface area contributed by atoms with Gasteiger partial charge in [-0.15, -0.1) is 0 Å². The van der Waals surface area contributed by atoms with Crippen molar-refractivity contribution in [2.24, 2.45) is 0 Å². The van der Waals surface area contributed by atoms with Crippen LogP contribution in [0, 0.1) is 6.92 Å². The van der Waals surface area contributed by atoms with Crippen LogP contribution in [0.1, 0.15) is 12.7 Å². The maximum Gasteiger partial charge on any atom is 0.254 e. The van der Waals surface area contributed by atoms with Crippen LogP contribution in [-0.4, -0.2) is 42.3 Å². The van der Waals surface area contributed by atoms with Crippen molar-refractivity contribution >= 4 is 22.6 Å². The van der Waals surface area contributed by atoms with E-state index in [1.807, 2.05) is 6.07 Å². The van der Waals surface area contributed by atoms with Gasteiger partial charge in [-0.1, -0.05) is 11.6 Å². The van der Waals surface area contributed by atoms with E-state index in [9.17, 15) is 0 Å². The zero-order chi connectivity index (χ0) is 14.8. The molecular formula is C16H23ClN3O+. The Bertz CT molecular complexity index is 632. The number of aryl methyl sites for hydroxylation is 1. The molecule has 1 aromatic heterocycles. The summed E-state index contributed by atoms with van der Waals surface area (Å²) in [4.78, 5) is 2.47. The summed E-state index contributed by atoms with van der Waals surface area (Å²) in [5.74, 6) is 1.29. The molecule has 0 saturated carbocycles. The molecule has 0 N–H and O–H groups in total. The van der Waals surface area contributed by atoms with Crippen molar-refractivity contribution < 1.29 is 9.30 Å². The van der Waals surface area contributed by atoms with Gasteiger partial charge in [-0.2, -0.15) is 0 Å². The Hall–Kier alpha value is -1.10. The molecule has 0 unspecified atom stereocenters. The number of fused-ring (bicyclic) bond motifs is 1. The molecule has 2 aromatic rings. The number of hydrogen-bond acceptors (Lipinski definition) is 2. The second-order valence-corrected chi connectivity index (χ2v) is 5.97. The molecule has 2 heterocycles. The summed E-state index contributed by atoms with van der Waals surface area (Å²) in [5, 5.41) is 0.802. The van der Waals surface area contributed by atoms with Gasteiger partial charge < -0.3 is 4.74 Å². The Balaban J connectivity index is 1.89. The number of nitrogens with zero attached hydrogens (tertiary/aromatic N) is 3. The first kappa shape index (κ1) is 14.8. The molecule has 1 aliphatic rings. The molecule has 1 saturated heterocycles. The number of aromatic nitrogens is 2. The number of morpholine rings is 1. The highest BCUT2D eigenvalue weighted by molar-refractivity contribution is 6.31. The molecule has 114 valence electrons. The van der Waals surface area contributed by atoms with Crippen LogP contribution in [0.2, 0.25) is 5.02 Å². The lowest BCUT2D eigenvalue weighted by Gasteiger charge is -2.25. The first-order valence-corrected chi connectivity index (χ1v) is 8.07. The van der Waals surface area contributed by atoms with E-state index in [1.54, 1.807) is 0 Å². The van der Waals surface area contributed by atoms with Gasteiger partial charge in [0.1, 0.15) is 6.54 Å². The predicted molar refractivity (Wildman–Crippen MR) is 84.8 cm³/mol. The Morgan fingerprint density at radius 2 is 2.00 bits per heavy atom. The van der Waals surface area contributed by atoms with Crippen LogP contribution in [0.15, 0.2) is 18.2 Å². The van der Waals surface area contributed by atoms with E-state index >= 15 is 0 Å². The van der Waals surface area contributed by atoms with Gasteiger partial charge in [0, 0.05) is 37.6 Å². The lowest BCUT2D eigenvalue weighted by atomic mass is 10.3. The van der Waals surface area contributed by atoms with Crippen LogP contribution in [-0.2, 0) is 17.8 Å². The Labute approximate surface area is 130 Å². The van der Waals surface area contributed by atoms with Crippen molar-refractivity contribution in [2.45, 2.75) is 26.9 Å². The second-order valence-electron chi connectivity index (χ2n) is 5.53. The summed E-state index contributed by atoms with van der Waals surface area (Å²) in [7, 11) is 0. The van der Waals surface area contributed by atoms with Gasteiger partial charge in [0.05, 0.1) is 19.8 Å². The van der Waals surface area contributed by atoms with E-state index in [0.717, 1.165) is 51.0 Å². The van der Waals surface area contributed by atoms with Crippen molar-refractivity contribution in [3.05, 3.63) is 29.0 Å². The number of imidazole rings is 1. The molecule has 0 spiro atoms. The van der Waals surface area contributed by atoms with E-state index in [-0.39, 0.29) is 0 Å². The molecule has 21 heavy (non-hydrogen) atoms. The number of halogens is 1. The van der Waals surface area contributed by atoms with Gasteiger partial charge in [0.2, 0.25) is 0 Å². The third-order valence-corrected chi connectivity index (χ3v) is 4.60. The summed E-state index contributed by atoms with van der Waals surface area (Å²) in [6, 6.07) is 6.18. The van der Waals surface area contributed by atoms with Crippen LogP contribution in [0.4, 0.5) is 0 Å². The summed E-state index contributed by atoms with van der Waals surface area (Å²) in [5.41, 5.74) is 2.50. The Morgan fingerprint density at radius 1 is 1.24 bits per heavy atom. The average Bonchev–Trinajstić information content (AvgIpc) is 2.77. The van der Waals surface area contributed by atoms with Crippen LogP contribution in [0.5, 0.6) is 0 Å². The number of benzene rings is 1. The van der Waals surface area contributed by atoms with Crippen LogP contribution >= 0.6 is 11.6 Å². The van der Waals surface area contributed by atoms with Gasteiger partial charge in [-0.25, -0.2) is 9.13 Å². The molecule has 1 aliphatic heterocycles. The van der Waals surface area contributed by atoms with E-state index in [4.69, 9.17) is 16.3 Å².